The Morgan fingerprint density at radius 2 is 2.06 bits per heavy atom. The Balaban J connectivity index is 3.24. The standard InChI is InChI=1S/C14H19NOS/c1-5-6-7-11(2)14-9-8-13(10-12(14)3)17(4,15)16/h5-10,15H,1-4H3/b6-5+,11-7-. The van der Waals surface area contributed by atoms with Crippen molar-refractivity contribution in [2.24, 2.45) is 0 Å². The van der Waals surface area contributed by atoms with Crippen molar-refractivity contribution in [3.63, 3.8) is 0 Å². The molecule has 0 amide bonds. The van der Waals surface area contributed by atoms with Crippen molar-refractivity contribution in [1.29, 1.82) is 4.78 Å². The molecule has 0 saturated heterocycles. The number of hydrogen-bond donors (Lipinski definition) is 1. The number of benzene rings is 1. The molecule has 1 atom stereocenters. The fourth-order valence-corrected chi connectivity index (χ4v) is 2.38. The van der Waals surface area contributed by atoms with Crippen LogP contribution in [0.25, 0.3) is 5.57 Å². The second-order valence-corrected chi connectivity index (χ2v) is 6.35. The van der Waals surface area contributed by atoms with Gasteiger partial charge in [0.25, 0.3) is 0 Å². The first kappa shape index (κ1) is 13.7. The first-order valence-corrected chi connectivity index (χ1v) is 7.47. The van der Waals surface area contributed by atoms with Crippen molar-refractivity contribution in [3.05, 3.63) is 47.6 Å². The lowest BCUT2D eigenvalue weighted by Crippen LogP contribution is -1.97. The summed E-state index contributed by atoms with van der Waals surface area (Å²) in [6, 6.07) is 5.57. The van der Waals surface area contributed by atoms with Crippen LogP contribution in [-0.2, 0) is 9.73 Å². The zero-order valence-corrected chi connectivity index (χ0v) is 11.6. The fourth-order valence-electron chi connectivity index (χ4n) is 1.65. The van der Waals surface area contributed by atoms with Gasteiger partial charge in [-0.1, -0.05) is 24.3 Å². The lowest BCUT2D eigenvalue weighted by Gasteiger charge is -2.09. The normalized spacial score (nSPS) is 16.1. The Labute approximate surface area is 104 Å². The maximum absolute atomic E-state index is 11.6. The first-order valence-electron chi connectivity index (χ1n) is 5.50. The molecule has 0 aliphatic carbocycles. The molecular formula is C14H19NOS. The number of hydrogen-bond acceptors (Lipinski definition) is 2. The third kappa shape index (κ3) is 3.56. The zero-order chi connectivity index (χ0) is 13.1. The smallest absolute Gasteiger partial charge is 0.0696 e. The molecule has 0 aromatic heterocycles. The molecule has 0 fully saturated rings. The average molecular weight is 249 g/mol. The summed E-state index contributed by atoms with van der Waals surface area (Å²) in [5, 5.41) is 0. The molecule has 1 unspecified atom stereocenters. The second kappa shape index (κ2) is 5.32. The average Bonchev–Trinajstić information content (AvgIpc) is 2.24. The molecule has 0 spiro atoms. The molecule has 3 heteroatoms. The van der Waals surface area contributed by atoms with Gasteiger partial charge in [0.2, 0.25) is 0 Å². The lowest BCUT2D eigenvalue weighted by atomic mass is 10.0. The number of rotatable bonds is 3. The third-order valence-corrected chi connectivity index (χ3v) is 3.76. The van der Waals surface area contributed by atoms with Gasteiger partial charge >= 0.3 is 0 Å². The highest BCUT2D eigenvalue weighted by molar-refractivity contribution is 7.91. The van der Waals surface area contributed by atoms with Gasteiger partial charge in [-0.05, 0) is 49.6 Å². The van der Waals surface area contributed by atoms with Crippen LogP contribution in [0.5, 0.6) is 0 Å². The molecule has 92 valence electrons. The van der Waals surface area contributed by atoms with Crippen molar-refractivity contribution >= 4 is 15.3 Å². The molecule has 0 saturated carbocycles. The van der Waals surface area contributed by atoms with Crippen LogP contribution in [0, 0.1) is 11.7 Å². The predicted octanol–water partition coefficient (Wildman–Crippen LogP) is 4.01. The Bertz CT molecular complexity index is 566. The summed E-state index contributed by atoms with van der Waals surface area (Å²) in [6.45, 7) is 6.01. The van der Waals surface area contributed by atoms with Gasteiger partial charge in [0.05, 0.1) is 9.73 Å². The van der Waals surface area contributed by atoms with Gasteiger partial charge in [0, 0.05) is 11.2 Å². The van der Waals surface area contributed by atoms with E-state index >= 15 is 0 Å². The Kier molecular flexibility index (Phi) is 4.29. The van der Waals surface area contributed by atoms with Crippen LogP contribution in [0.1, 0.15) is 25.0 Å². The number of allylic oxidation sites excluding steroid dienone is 4. The van der Waals surface area contributed by atoms with Gasteiger partial charge in [-0.15, -0.1) is 0 Å². The molecule has 0 bridgehead atoms. The first-order chi connectivity index (χ1) is 7.86. The summed E-state index contributed by atoms with van der Waals surface area (Å²) < 4.78 is 19.2. The maximum Gasteiger partial charge on any atom is 0.0696 e. The van der Waals surface area contributed by atoms with E-state index in [9.17, 15) is 4.21 Å². The van der Waals surface area contributed by atoms with Gasteiger partial charge in [0.1, 0.15) is 0 Å². The van der Waals surface area contributed by atoms with E-state index < -0.39 is 9.73 Å². The molecule has 0 radical (unpaired) electrons. The molecule has 1 aromatic carbocycles. The van der Waals surface area contributed by atoms with E-state index in [1.165, 1.54) is 11.8 Å². The highest BCUT2D eigenvalue weighted by Gasteiger charge is 2.06. The van der Waals surface area contributed by atoms with Crippen LogP contribution >= 0.6 is 0 Å². The predicted molar refractivity (Wildman–Crippen MR) is 74.7 cm³/mol. The highest BCUT2D eigenvalue weighted by atomic mass is 32.2. The molecule has 1 aromatic rings. The van der Waals surface area contributed by atoms with Crippen LogP contribution in [0.15, 0.2) is 41.3 Å². The molecular weight excluding hydrogens is 230 g/mol. The largest absolute Gasteiger partial charge is 0.249 e. The van der Waals surface area contributed by atoms with Gasteiger partial charge in [-0.3, -0.25) is 0 Å². The zero-order valence-electron chi connectivity index (χ0n) is 10.8. The van der Waals surface area contributed by atoms with Gasteiger partial charge in [-0.2, -0.15) is 0 Å². The maximum atomic E-state index is 11.6. The van der Waals surface area contributed by atoms with Gasteiger partial charge in [-0.25, -0.2) is 8.99 Å². The minimum atomic E-state index is -2.62. The van der Waals surface area contributed by atoms with Crippen molar-refractivity contribution < 1.29 is 4.21 Å². The van der Waals surface area contributed by atoms with E-state index in [1.54, 1.807) is 6.07 Å². The van der Waals surface area contributed by atoms with Crippen molar-refractivity contribution in [3.8, 4) is 0 Å². The van der Waals surface area contributed by atoms with E-state index in [0.717, 1.165) is 11.1 Å². The Morgan fingerprint density at radius 3 is 2.53 bits per heavy atom. The highest BCUT2D eigenvalue weighted by Crippen LogP contribution is 2.22. The molecule has 2 nitrogen and oxygen atoms in total. The van der Waals surface area contributed by atoms with Crippen LogP contribution in [0.3, 0.4) is 0 Å². The van der Waals surface area contributed by atoms with Gasteiger partial charge in [0.15, 0.2) is 0 Å². The summed E-state index contributed by atoms with van der Waals surface area (Å²) in [7, 11) is -2.62. The number of aryl methyl sites for hydroxylation is 1. The van der Waals surface area contributed by atoms with Crippen LogP contribution in [0.4, 0.5) is 0 Å². The van der Waals surface area contributed by atoms with Crippen LogP contribution < -0.4 is 0 Å². The quantitative estimate of drug-likeness (QED) is 0.808. The number of nitrogens with one attached hydrogen (secondary N) is 1. The summed E-state index contributed by atoms with van der Waals surface area (Å²) in [5.41, 5.74) is 3.36. The molecule has 1 rings (SSSR count). The molecule has 0 aliphatic heterocycles. The molecule has 0 aliphatic rings. The van der Waals surface area contributed by atoms with E-state index in [-0.39, 0.29) is 0 Å². The Hall–Kier alpha value is -1.35. The SMILES string of the molecule is C/C=C/C=C(/C)c1ccc(S(C)(=N)=O)cc1C. The summed E-state index contributed by atoms with van der Waals surface area (Å²) in [6.07, 6.45) is 7.47. The summed E-state index contributed by atoms with van der Waals surface area (Å²) in [4.78, 5) is 0.595. The lowest BCUT2D eigenvalue weighted by molar-refractivity contribution is 0.679. The van der Waals surface area contributed by atoms with E-state index in [2.05, 4.69) is 0 Å². The minimum Gasteiger partial charge on any atom is -0.249 e. The van der Waals surface area contributed by atoms with E-state index in [4.69, 9.17) is 4.78 Å². The topological polar surface area (TPSA) is 40.9 Å². The summed E-state index contributed by atoms with van der Waals surface area (Å²) in [5.74, 6) is 0. The minimum absolute atomic E-state index is 0.595. The Morgan fingerprint density at radius 1 is 1.41 bits per heavy atom. The van der Waals surface area contributed by atoms with Crippen molar-refractivity contribution in [1.82, 2.24) is 0 Å². The third-order valence-electron chi connectivity index (χ3n) is 2.61. The summed E-state index contributed by atoms with van der Waals surface area (Å²) >= 11 is 0. The van der Waals surface area contributed by atoms with Crippen LogP contribution in [0.2, 0.25) is 0 Å². The van der Waals surface area contributed by atoms with Crippen molar-refractivity contribution in [2.45, 2.75) is 25.7 Å². The second-order valence-electron chi connectivity index (χ2n) is 4.20. The van der Waals surface area contributed by atoms with E-state index in [0.29, 0.717) is 4.90 Å². The molecule has 17 heavy (non-hydrogen) atoms. The van der Waals surface area contributed by atoms with Crippen LogP contribution in [-0.4, -0.2) is 10.5 Å². The molecule has 0 heterocycles. The monoisotopic (exact) mass is 249 g/mol. The fraction of sp³-hybridized carbons (Fsp3) is 0.286. The van der Waals surface area contributed by atoms with Gasteiger partial charge < -0.3 is 0 Å². The van der Waals surface area contributed by atoms with Crippen molar-refractivity contribution in [2.75, 3.05) is 6.26 Å². The molecule has 1 N–H and O–H groups in total. The van der Waals surface area contributed by atoms with E-state index in [1.807, 2.05) is 51.1 Å².